The summed E-state index contributed by atoms with van der Waals surface area (Å²) in [6, 6.07) is 3.88. The number of carbonyl (C=O) groups excluding carboxylic acids is 2. The number of ether oxygens (including phenoxy) is 1. The van der Waals surface area contributed by atoms with Crippen LogP contribution >= 0.6 is 11.3 Å². The summed E-state index contributed by atoms with van der Waals surface area (Å²) < 4.78 is 4.62. The summed E-state index contributed by atoms with van der Waals surface area (Å²) >= 11 is 1.56. The van der Waals surface area contributed by atoms with Gasteiger partial charge < -0.3 is 15.8 Å². The molecule has 19 heavy (non-hydrogen) atoms. The van der Waals surface area contributed by atoms with Crippen LogP contribution in [0.4, 0.5) is 0 Å². The minimum Gasteiger partial charge on any atom is -0.469 e. The maximum absolute atomic E-state index is 11.1. The van der Waals surface area contributed by atoms with E-state index in [2.05, 4.69) is 10.1 Å². The average molecular weight is 284 g/mol. The lowest BCUT2D eigenvalue weighted by molar-refractivity contribution is -0.139. The molecule has 1 rings (SSSR count). The molecule has 0 aliphatic carbocycles. The molecule has 5 nitrogen and oxygen atoms in total. The highest BCUT2D eigenvalue weighted by atomic mass is 32.1. The fraction of sp³-hybridized carbons (Fsp3) is 0.538. The topological polar surface area (TPSA) is 81.4 Å². The molecule has 0 radical (unpaired) electrons. The Bertz CT molecular complexity index is 454. The monoisotopic (exact) mass is 284 g/mol. The van der Waals surface area contributed by atoms with Crippen molar-refractivity contribution in [3.63, 3.8) is 0 Å². The molecule has 106 valence electrons. The number of primary amides is 1. The fourth-order valence-corrected chi connectivity index (χ4v) is 2.59. The van der Waals surface area contributed by atoms with Crippen LogP contribution in [0.1, 0.15) is 30.0 Å². The van der Waals surface area contributed by atoms with Crippen LogP contribution in [0.25, 0.3) is 0 Å². The second-order valence-electron chi connectivity index (χ2n) is 5.00. The van der Waals surface area contributed by atoms with Crippen LogP contribution in [-0.4, -0.2) is 24.5 Å². The number of rotatable bonds is 7. The first-order valence-electron chi connectivity index (χ1n) is 6.00. The average Bonchev–Trinajstić information content (AvgIpc) is 2.72. The van der Waals surface area contributed by atoms with E-state index >= 15 is 0 Å². The van der Waals surface area contributed by atoms with Crippen LogP contribution in [0.2, 0.25) is 0 Å². The number of esters is 1. The Morgan fingerprint density at radius 2 is 2.00 bits per heavy atom. The number of hydrogen-bond donors (Lipinski definition) is 2. The van der Waals surface area contributed by atoms with Gasteiger partial charge in [0.1, 0.15) is 0 Å². The molecule has 0 saturated carbocycles. The molecule has 3 N–H and O–H groups in total. The highest BCUT2D eigenvalue weighted by Crippen LogP contribution is 2.18. The first kappa shape index (κ1) is 15.7. The first-order chi connectivity index (χ1) is 8.82. The summed E-state index contributed by atoms with van der Waals surface area (Å²) in [6.07, 6.45) is 0.583. The van der Waals surface area contributed by atoms with Crippen LogP contribution in [-0.2, 0) is 27.3 Å². The van der Waals surface area contributed by atoms with Gasteiger partial charge in [0.25, 0.3) is 0 Å². The molecule has 1 aromatic rings. The van der Waals surface area contributed by atoms with Crippen molar-refractivity contribution < 1.29 is 14.3 Å². The quantitative estimate of drug-likeness (QED) is 0.737. The molecule has 6 heteroatoms. The predicted octanol–water partition coefficient (Wildman–Crippen LogP) is 1.21. The van der Waals surface area contributed by atoms with E-state index in [1.165, 1.54) is 7.11 Å². The lowest BCUT2D eigenvalue weighted by Crippen LogP contribution is -2.42. The maximum Gasteiger partial charge on any atom is 0.310 e. The smallest absolute Gasteiger partial charge is 0.310 e. The largest absolute Gasteiger partial charge is 0.469 e. The van der Waals surface area contributed by atoms with Crippen LogP contribution < -0.4 is 11.1 Å². The third kappa shape index (κ3) is 5.85. The molecule has 1 heterocycles. The molecule has 0 fully saturated rings. The Labute approximate surface area is 117 Å². The molecule has 0 saturated heterocycles. The number of nitrogens with two attached hydrogens (primary N) is 1. The molecule has 1 amide bonds. The van der Waals surface area contributed by atoms with Gasteiger partial charge in [0, 0.05) is 28.3 Å². The van der Waals surface area contributed by atoms with Crippen molar-refractivity contribution in [2.75, 3.05) is 7.11 Å². The number of methoxy groups -OCH3 is 1. The zero-order valence-electron chi connectivity index (χ0n) is 11.5. The summed E-state index contributed by atoms with van der Waals surface area (Å²) in [5.74, 6) is -0.564. The third-order valence-corrected chi connectivity index (χ3v) is 3.71. The number of nitrogens with one attached hydrogen (secondary N) is 1. The minimum atomic E-state index is -0.335. The maximum atomic E-state index is 11.1. The Morgan fingerprint density at radius 3 is 2.58 bits per heavy atom. The highest BCUT2D eigenvalue weighted by molar-refractivity contribution is 7.12. The lowest BCUT2D eigenvalue weighted by atomic mass is 10.0. The molecule has 0 aliphatic heterocycles. The van der Waals surface area contributed by atoms with Crippen LogP contribution in [0.5, 0.6) is 0 Å². The van der Waals surface area contributed by atoms with Crippen molar-refractivity contribution in [2.45, 2.75) is 38.8 Å². The van der Waals surface area contributed by atoms with Gasteiger partial charge in [0.05, 0.1) is 13.5 Å². The fourth-order valence-electron chi connectivity index (χ4n) is 1.65. The van der Waals surface area contributed by atoms with Gasteiger partial charge in [-0.05, 0) is 26.0 Å². The van der Waals surface area contributed by atoms with Crippen molar-refractivity contribution >= 4 is 23.2 Å². The van der Waals surface area contributed by atoms with Crippen LogP contribution in [0, 0.1) is 0 Å². The van der Waals surface area contributed by atoms with Gasteiger partial charge in [0.2, 0.25) is 5.91 Å². The number of hydrogen-bond acceptors (Lipinski definition) is 5. The molecule has 0 aromatic carbocycles. The van der Waals surface area contributed by atoms with Gasteiger partial charge in [-0.1, -0.05) is 0 Å². The SMILES string of the molecule is COC(=O)Cc1ccc(CNC(C)(C)CC(N)=O)s1. The van der Waals surface area contributed by atoms with E-state index in [0.717, 1.165) is 9.75 Å². The highest BCUT2D eigenvalue weighted by Gasteiger charge is 2.19. The van der Waals surface area contributed by atoms with E-state index < -0.39 is 0 Å². The summed E-state index contributed by atoms with van der Waals surface area (Å²) in [7, 11) is 1.38. The van der Waals surface area contributed by atoms with Gasteiger partial charge in [0.15, 0.2) is 0 Å². The van der Waals surface area contributed by atoms with E-state index in [4.69, 9.17) is 5.73 Å². The summed E-state index contributed by atoms with van der Waals surface area (Å²) in [4.78, 5) is 24.1. The molecule has 0 spiro atoms. The van der Waals surface area contributed by atoms with Crippen molar-refractivity contribution in [3.8, 4) is 0 Å². The Hall–Kier alpha value is -1.40. The van der Waals surface area contributed by atoms with Crippen molar-refractivity contribution in [1.29, 1.82) is 0 Å². The van der Waals surface area contributed by atoms with E-state index in [1.807, 2.05) is 26.0 Å². The predicted molar refractivity (Wildman–Crippen MR) is 74.8 cm³/mol. The van der Waals surface area contributed by atoms with Crippen LogP contribution in [0.15, 0.2) is 12.1 Å². The molecular formula is C13H20N2O3S. The molecule has 1 aromatic heterocycles. The summed E-state index contributed by atoms with van der Waals surface area (Å²) in [6.45, 7) is 4.51. The molecule has 0 bridgehead atoms. The van der Waals surface area contributed by atoms with Gasteiger partial charge in [-0.15, -0.1) is 11.3 Å². The van der Waals surface area contributed by atoms with E-state index in [0.29, 0.717) is 13.0 Å². The van der Waals surface area contributed by atoms with Gasteiger partial charge in [-0.2, -0.15) is 0 Å². The van der Waals surface area contributed by atoms with Crippen molar-refractivity contribution in [2.24, 2.45) is 5.73 Å². The molecule has 0 atom stereocenters. The summed E-state index contributed by atoms with van der Waals surface area (Å²) in [5, 5.41) is 3.28. The van der Waals surface area contributed by atoms with E-state index in [-0.39, 0.29) is 23.8 Å². The van der Waals surface area contributed by atoms with Gasteiger partial charge in [-0.25, -0.2) is 0 Å². The number of carbonyl (C=O) groups is 2. The first-order valence-corrected chi connectivity index (χ1v) is 6.82. The molecular weight excluding hydrogens is 264 g/mol. The standard InChI is InChI=1S/C13H20N2O3S/c1-13(2,7-11(14)16)15-8-10-5-4-9(19-10)6-12(17)18-3/h4-5,15H,6-8H2,1-3H3,(H2,14,16). The van der Waals surface area contributed by atoms with Gasteiger partial charge >= 0.3 is 5.97 Å². The zero-order valence-corrected chi connectivity index (χ0v) is 12.3. The summed E-state index contributed by atoms with van der Waals surface area (Å²) in [5.41, 5.74) is 4.86. The second kappa shape index (κ2) is 6.68. The third-order valence-electron chi connectivity index (χ3n) is 2.62. The lowest BCUT2D eigenvalue weighted by Gasteiger charge is -2.24. The Morgan fingerprint density at radius 1 is 1.37 bits per heavy atom. The van der Waals surface area contributed by atoms with Crippen molar-refractivity contribution in [1.82, 2.24) is 5.32 Å². The van der Waals surface area contributed by atoms with Gasteiger partial charge in [-0.3, -0.25) is 9.59 Å². The van der Waals surface area contributed by atoms with E-state index in [9.17, 15) is 9.59 Å². The Balaban J connectivity index is 2.50. The molecule has 0 unspecified atom stereocenters. The van der Waals surface area contributed by atoms with E-state index in [1.54, 1.807) is 11.3 Å². The number of thiophene rings is 1. The second-order valence-corrected chi connectivity index (χ2v) is 6.25. The zero-order chi connectivity index (χ0) is 14.5. The van der Waals surface area contributed by atoms with Crippen molar-refractivity contribution in [3.05, 3.63) is 21.9 Å². The normalized spacial score (nSPS) is 11.3. The molecule has 0 aliphatic rings. The van der Waals surface area contributed by atoms with Crippen LogP contribution in [0.3, 0.4) is 0 Å². The number of amides is 1. The Kier molecular flexibility index (Phi) is 5.50. The minimum absolute atomic E-state index is 0.240.